The molecule has 0 heterocycles. The molecule has 26 heavy (non-hydrogen) atoms. The summed E-state index contributed by atoms with van der Waals surface area (Å²) in [5, 5.41) is 2.94. The van der Waals surface area contributed by atoms with Crippen molar-refractivity contribution in [3.8, 4) is 0 Å². The van der Waals surface area contributed by atoms with E-state index in [0.717, 1.165) is 18.5 Å². The summed E-state index contributed by atoms with van der Waals surface area (Å²) in [6.07, 6.45) is 3.39. The van der Waals surface area contributed by atoms with Gasteiger partial charge in [-0.2, -0.15) is 0 Å². The Morgan fingerprint density at radius 3 is 2.12 bits per heavy atom. The average molecular weight is 341 g/mol. The van der Waals surface area contributed by atoms with Crippen molar-refractivity contribution in [2.75, 3.05) is 5.32 Å². The number of aryl methyl sites for hydroxylation is 2. The van der Waals surface area contributed by atoms with E-state index < -0.39 is 0 Å². The summed E-state index contributed by atoms with van der Waals surface area (Å²) in [5.41, 5.74) is 5.28. The van der Waals surface area contributed by atoms with E-state index in [1.54, 1.807) is 36.4 Å². The molecule has 1 aliphatic carbocycles. The zero-order valence-corrected chi connectivity index (χ0v) is 14.4. The largest absolute Gasteiger partial charge is 0.322 e. The van der Waals surface area contributed by atoms with E-state index in [1.165, 1.54) is 17.5 Å². The molecule has 3 nitrogen and oxygen atoms in total. The van der Waals surface area contributed by atoms with Crippen molar-refractivity contribution < 1.29 is 9.59 Å². The number of benzene rings is 3. The molecule has 1 aliphatic rings. The van der Waals surface area contributed by atoms with Crippen LogP contribution in [0.5, 0.6) is 0 Å². The molecule has 0 spiro atoms. The van der Waals surface area contributed by atoms with E-state index in [4.69, 9.17) is 0 Å². The van der Waals surface area contributed by atoms with E-state index in [1.807, 2.05) is 24.3 Å². The second kappa shape index (κ2) is 6.96. The normalized spacial score (nSPS) is 12.5. The molecule has 1 N–H and O–H groups in total. The minimum Gasteiger partial charge on any atom is -0.322 e. The first-order valence-corrected chi connectivity index (χ1v) is 8.84. The fourth-order valence-corrected chi connectivity index (χ4v) is 3.38. The quantitative estimate of drug-likeness (QED) is 0.702. The molecular weight excluding hydrogens is 322 g/mol. The molecular formula is C23H19NO2. The van der Waals surface area contributed by atoms with Crippen LogP contribution in [0.1, 0.15) is 43.8 Å². The van der Waals surface area contributed by atoms with Crippen LogP contribution in [0.15, 0.2) is 72.8 Å². The lowest BCUT2D eigenvalue weighted by Crippen LogP contribution is -2.12. The van der Waals surface area contributed by atoms with Gasteiger partial charge in [0.15, 0.2) is 5.78 Å². The van der Waals surface area contributed by atoms with Crippen LogP contribution in [0.2, 0.25) is 0 Å². The van der Waals surface area contributed by atoms with Crippen molar-refractivity contribution in [1.82, 2.24) is 0 Å². The lowest BCUT2D eigenvalue weighted by molar-refractivity contribution is 0.102. The molecule has 4 rings (SSSR count). The maximum atomic E-state index is 12.5. The predicted molar refractivity (Wildman–Crippen MR) is 103 cm³/mol. The monoisotopic (exact) mass is 341 g/mol. The zero-order valence-electron chi connectivity index (χ0n) is 14.4. The minimum atomic E-state index is -0.165. The van der Waals surface area contributed by atoms with Crippen LogP contribution in [0.25, 0.3) is 0 Å². The number of hydrogen-bond acceptors (Lipinski definition) is 2. The lowest BCUT2D eigenvalue weighted by Gasteiger charge is -2.08. The van der Waals surface area contributed by atoms with E-state index in [0.29, 0.717) is 16.7 Å². The highest BCUT2D eigenvalue weighted by Crippen LogP contribution is 2.25. The summed E-state index contributed by atoms with van der Waals surface area (Å²) in [6, 6.07) is 22.0. The SMILES string of the molecule is O=C(Nc1ccc2c(c1)CCC2)c1ccc(C(=O)c2ccccc2)cc1. The number of rotatable bonds is 4. The first-order valence-electron chi connectivity index (χ1n) is 8.84. The van der Waals surface area contributed by atoms with Gasteiger partial charge in [0.2, 0.25) is 0 Å². The van der Waals surface area contributed by atoms with Gasteiger partial charge < -0.3 is 5.32 Å². The number of amides is 1. The summed E-state index contributed by atoms with van der Waals surface area (Å²) in [5.74, 6) is -0.210. The first-order chi connectivity index (χ1) is 12.7. The van der Waals surface area contributed by atoms with E-state index in [2.05, 4.69) is 17.4 Å². The van der Waals surface area contributed by atoms with Crippen molar-refractivity contribution >= 4 is 17.4 Å². The smallest absolute Gasteiger partial charge is 0.255 e. The van der Waals surface area contributed by atoms with E-state index >= 15 is 0 Å². The van der Waals surface area contributed by atoms with Gasteiger partial charge in [0.25, 0.3) is 5.91 Å². The van der Waals surface area contributed by atoms with Crippen LogP contribution >= 0.6 is 0 Å². The molecule has 1 amide bonds. The fourth-order valence-electron chi connectivity index (χ4n) is 3.38. The number of carbonyl (C=O) groups excluding carboxylic acids is 2. The van der Waals surface area contributed by atoms with Gasteiger partial charge in [-0.05, 0) is 54.7 Å². The van der Waals surface area contributed by atoms with Crippen molar-refractivity contribution in [3.63, 3.8) is 0 Å². The Morgan fingerprint density at radius 2 is 1.35 bits per heavy atom. The first kappa shape index (κ1) is 16.3. The molecule has 0 saturated carbocycles. The molecule has 128 valence electrons. The molecule has 0 bridgehead atoms. The van der Waals surface area contributed by atoms with Gasteiger partial charge in [0.05, 0.1) is 0 Å². The molecule has 0 aromatic heterocycles. The van der Waals surface area contributed by atoms with Crippen LogP contribution in [-0.2, 0) is 12.8 Å². The average Bonchev–Trinajstić information content (AvgIpc) is 3.16. The summed E-state index contributed by atoms with van der Waals surface area (Å²) in [7, 11) is 0. The highest BCUT2D eigenvalue weighted by Gasteiger charge is 2.13. The minimum absolute atomic E-state index is 0.0452. The molecule has 0 radical (unpaired) electrons. The molecule has 0 aliphatic heterocycles. The van der Waals surface area contributed by atoms with Crippen molar-refractivity contribution in [2.24, 2.45) is 0 Å². The zero-order chi connectivity index (χ0) is 17.9. The second-order valence-corrected chi connectivity index (χ2v) is 6.56. The number of fused-ring (bicyclic) bond motifs is 1. The predicted octanol–water partition coefficient (Wildman–Crippen LogP) is 4.66. The number of anilines is 1. The number of nitrogens with one attached hydrogen (secondary N) is 1. The summed E-state index contributed by atoms with van der Waals surface area (Å²) in [4.78, 5) is 24.9. The van der Waals surface area contributed by atoms with Crippen molar-refractivity contribution in [1.29, 1.82) is 0 Å². The topological polar surface area (TPSA) is 46.2 Å². The molecule has 3 heteroatoms. The summed E-state index contributed by atoms with van der Waals surface area (Å²) < 4.78 is 0. The van der Waals surface area contributed by atoms with Gasteiger partial charge in [-0.15, -0.1) is 0 Å². The Balaban J connectivity index is 1.48. The van der Waals surface area contributed by atoms with Crippen molar-refractivity contribution in [3.05, 3.63) is 101 Å². The number of ketones is 1. The molecule has 0 atom stereocenters. The lowest BCUT2D eigenvalue weighted by atomic mass is 10.0. The Morgan fingerprint density at radius 1 is 0.692 bits per heavy atom. The number of hydrogen-bond donors (Lipinski definition) is 1. The Hall–Kier alpha value is -3.20. The Kier molecular flexibility index (Phi) is 4.36. The Bertz CT molecular complexity index is 959. The number of carbonyl (C=O) groups is 2. The highest BCUT2D eigenvalue weighted by atomic mass is 16.1. The van der Waals surface area contributed by atoms with Crippen LogP contribution < -0.4 is 5.32 Å². The van der Waals surface area contributed by atoms with E-state index in [9.17, 15) is 9.59 Å². The molecule has 3 aromatic rings. The van der Waals surface area contributed by atoms with Gasteiger partial charge in [0.1, 0.15) is 0 Å². The fraction of sp³-hybridized carbons (Fsp3) is 0.130. The maximum absolute atomic E-state index is 12.5. The summed E-state index contributed by atoms with van der Waals surface area (Å²) >= 11 is 0. The van der Waals surface area contributed by atoms with Crippen molar-refractivity contribution in [2.45, 2.75) is 19.3 Å². The van der Waals surface area contributed by atoms with Crippen LogP contribution in [0.3, 0.4) is 0 Å². The summed E-state index contributed by atoms with van der Waals surface area (Å²) in [6.45, 7) is 0. The molecule has 3 aromatic carbocycles. The third-order valence-electron chi connectivity index (χ3n) is 4.80. The van der Waals surface area contributed by atoms with Gasteiger partial charge >= 0.3 is 0 Å². The Labute approximate surface area is 152 Å². The van der Waals surface area contributed by atoms with Crippen LogP contribution in [0, 0.1) is 0 Å². The van der Waals surface area contributed by atoms with E-state index in [-0.39, 0.29) is 11.7 Å². The molecule has 0 unspecified atom stereocenters. The van der Waals surface area contributed by atoms with Gasteiger partial charge in [-0.25, -0.2) is 0 Å². The highest BCUT2D eigenvalue weighted by molar-refractivity contribution is 6.10. The van der Waals surface area contributed by atoms with Gasteiger partial charge in [-0.1, -0.05) is 48.5 Å². The van der Waals surface area contributed by atoms with Crippen LogP contribution in [-0.4, -0.2) is 11.7 Å². The third-order valence-corrected chi connectivity index (χ3v) is 4.80. The molecule has 0 fully saturated rings. The second-order valence-electron chi connectivity index (χ2n) is 6.56. The standard InChI is InChI=1S/C23H19NO2/c25-22(17-5-2-1-3-6-17)18-9-11-19(12-10-18)23(26)24-21-14-13-16-7-4-8-20(16)15-21/h1-3,5-6,9-15H,4,7-8H2,(H,24,26). The third kappa shape index (κ3) is 3.29. The maximum Gasteiger partial charge on any atom is 0.255 e. The van der Waals surface area contributed by atoms with Gasteiger partial charge in [0, 0.05) is 22.4 Å². The van der Waals surface area contributed by atoms with Crippen LogP contribution in [0.4, 0.5) is 5.69 Å². The van der Waals surface area contributed by atoms with Gasteiger partial charge in [-0.3, -0.25) is 9.59 Å². The molecule has 0 saturated heterocycles.